The van der Waals surface area contributed by atoms with Crippen LogP contribution in [0.5, 0.6) is 0 Å². The predicted molar refractivity (Wildman–Crippen MR) is 105 cm³/mol. The van der Waals surface area contributed by atoms with Crippen LogP contribution < -0.4 is 0 Å². The highest BCUT2D eigenvalue weighted by atomic mass is 16.3. The van der Waals surface area contributed by atoms with E-state index in [1.807, 2.05) is 48.2 Å². The second-order valence-corrected chi connectivity index (χ2v) is 7.20. The quantitative estimate of drug-likeness (QED) is 0.743. The molecule has 7 nitrogen and oxygen atoms in total. The standard InChI is InChI=1S/C21H23N5O2/c1-15-20(24-19-7-3-2-6-18(19)23-15)13-25-11-17(27)12-26(21(28)14-25)10-16-5-4-8-22-9-16/h2-9,17,27H,10-14H2,1H3. The summed E-state index contributed by atoms with van der Waals surface area (Å²) in [5.41, 5.74) is 4.32. The third-order valence-corrected chi connectivity index (χ3v) is 4.92. The molecule has 28 heavy (non-hydrogen) atoms. The molecule has 1 saturated heterocycles. The van der Waals surface area contributed by atoms with Crippen molar-refractivity contribution in [1.82, 2.24) is 24.8 Å². The number of benzene rings is 1. The molecule has 3 aromatic rings. The minimum absolute atomic E-state index is 0.00759. The summed E-state index contributed by atoms with van der Waals surface area (Å²) in [6.07, 6.45) is 2.84. The Morgan fingerprint density at radius 3 is 2.61 bits per heavy atom. The number of aromatic nitrogens is 3. The number of nitrogens with zero attached hydrogens (tertiary/aromatic N) is 5. The van der Waals surface area contributed by atoms with Gasteiger partial charge in [0, 0.05) is 38.6 Å². The third-order valence-electron chi connectivity index (χ3n) is 4.92. The normalized spacial score (nSPS) is 18.4. The molecule has 0 saturated carbocycles. The zero-order valence-electron chi connectivity index (χ0n) is 15.8. The number of aryl methyl sites for hydroxylation is 1. The maximum absolute atomic E-state index is 12.8. The number of para-hydroxylation sites is 2. The van der Waals surface area contributed by atoms with Gasteiger partial charge in [0.25, 0.3) is 0 Å². The Morgan fingerprint density at radius 1 is 1.07 bits per heavy atom. The zero-order valence-corrected chi connectivity index (χ0v) is 15.8. The molecule has 1 aromatic carbocycles. The highest BCUT2D eigenvalue weighted by Crippen LogP contribution is 2.16. The van der Waals surface area contributed by atoms with Gasteiger partial charge in [-0.1, -0.05) is 18.2 Å². The minimum atomic E-state index is -0.614. The molecule has 2 aromatic heterocycles. The number of carbonyl (C=O) groups is 1. The van der Waals surface area contributed by atoms with Gasteiger partial charge in [0.15, 0.2) is 0 Å². The van der Waals surface area contributed by atoms with Crippen molar-refractivity contribution in [3.8, 4) is 0 Å². The fourth-order valence-electron chi connectivity index (χ4n) is 3.54. The molecule has 4 rings (SSSR count). The Bertz CT molecular complexity index is 979. The largest absolute Gasteiger partial charge is 0.390 e. The lowest BCUT2D eigenvalue weighted by atomic mass is 10.2. The van der Waals surface area contributed by atoms with E-state index in [9.17, 15) is 9.90 Å². The number of carbonyl (C=O) groups excluding carboxylic acids is 1. The average Bonchev–Trinajstić information content (AvgIpc) is 2.81. The van der Waals surface area contributed by atoms with Gasteiger partial charge in [-0.05, 0) is 30.7 Å². The molecule has 1 amide bonds. The van der Waals surface area contributed by atoms with Crippen LogP contribution in [-0.4, -0.2) is 61.5 Å². The molecule has 7 heteroatoms. The van der Waals surface area contributed by atoms with Crippen molar-refractivity contribution in [3.63, 3.8) is 0 Å². The van der Waals surface area contributed by atoms with Gasteiger partial charge in [-0.15, -0.1) is 0 Å². The summed E-state index contributed by atoms with van der Waals surface area (Å²) in [6.45, 7) is 3.83. The van der Waals surface area contributed by atoms with E-state index in [0.717, 1.165) is 28.0 Å². The highest BCUT2D eigenvalue weighted by molar-refractivity contribution is 5.78. The number of fused-ring (bicyclic) bond motifs is 1. The average molecular weight is 377 g/mol. The molecule has 3 heterocycles. The van der Waals surface area contributed by atoms with Gasteiger partial charge >= 0.3 is 0 Å². The lowest BCUT2D eigenvalue weighted by molar-refractivity contribution is -0.132. The van der Waals surface area contributed by atoms with Gasteiger partial charge in [0.2, 0.25) is 5.91 Å². The van der Waals surface area contributed by atoms with Crippen LogP contribution in [-0.2, 0) is 17.9 Å². The van der Waals surface area contributed by atoms with Crippen molar-refractivity contribution in [3.05, 3.63) is 65.7 Å². The fraction of sp³-hybridized carbons (Fsp3) is 0.333. The Hall–Kier alpha value is -2.90. The summed E-state index contributed by atoms with van der Waals surface area (Å²) in [4.78, 5) is 29.9. The Kier molecular flexibility index (Phi) is 5.27. The van der Waals surface area contributed by atoms with E-state index >= 15 is 0 Å². The third kappa shape index (κ3) is 4.16. The lowest BCUT2D eigenvalue weighted by Gasteiger charge is -2.21. The molecule has 0 radical (unpaired) electrons. The van der Waals surface area contributed by atoms with Gasteiger partial charge in [-0.25, -0.2) is 9.97 Å². The molecule has 0 bridgehead atoms. The van der Waals surface area contributed by atoms with Crippen molar-refractivity contribution in [2.75, 3.05) is 19.6 Å². The van der Waals surface area contributed by atoms with Gasteiger partial charge in [-0.2, -0.15) is 0 Å². The first-order chi connectivity index (χ1) is 13.6. The van der Waals surface area contributed by atoms with E-state index in [1.165, 1.54) is 0 Å². The van der Waals surface area contributed by atoms with E-state index in [0.29, 0.717) is 26.2 Å². The number of pyridine rings is 1. The molecule has 0 spiro atoms. The van der Waals surface area contributed by atoms with Crippen molar-refractivity contribution >= 4 is 16.9 Å². The van der Waals surface area contributed by atoms with E-state index in [1.54, 1.807) is 17.3 Å². The van der Waals surface area contributed by atoms with Gasteiger partial charge in [0.05, 0.1) is 35.1 Å². The first-order valence-corrected chi connectivity index (χ1v) is 9.38. The summed E-state index contributed by atoms with van der Waals surface area (Å²) in [7, 11) is 0. The fourth-order valence-corrected chi connectivity index (χ4v) is 3.54. The number of aliphatic hydroxyl groups is 1. The maximum Gasteiger partial charge on any atom is 0.237 e. The van der Waals surface area contributed by atoms with Crippen LogP contribution in [0.2, 0.25) is 0 Å². The topological polar surface area (TPSA) is 82.5 Å². The molecule has 1 fully saturated rings. The van der Waals surface area contributed by atoms with Crippen LogP contribution >= 0.6 is 0 Å². The number of amides is 1. The van der Waals surface area contributed by atoms with E-state index in [2.05, 4.69) is 9.97 Å². The Balaban J connectivity index is 1.50. The summed E-state index contributed by atoms with van der Waals surface area (Å²) >= 11 is 0. The van der Waals surface area contributed by atoms with Crippen molar-refractivity contribution in [2.24, 2.45) is 0 Å². The van der Waals surface area contributed by atoms with Crippen LogP contribution in [0, 0.1) is 6.92 Å². The molecule has 1 aliphatic rings. The molecular weight excluding hydrogens is 354 g/mol. The van der Waals surface area contributed by atoms with Gasteiger partial charge < -0.3 is 10.0 Å². The van der Waals surface area contributed by atoms with Crippen LogP contribution in [0.15, 0.2) is 48.8 Å². The van der Waals surface area contributed by atoms with Crippen LogP contribution in [0.3, 0.4) is 0 Å². The predicted octanol–water partition coefficient (Wildman–Crippen LogP) is 1.54. The minimum Gasteiger partial charge on any atom is -0.390 e. The number of β-amino-alcohol motifs (C(OH)–C–C–N with tert-alkyl or cyclic N) is 1. The number of hydrogen-bond acceptors (Lipinski definition) is 6. The van der Waals surface area contributed by atoms with Gasteiger partial charge in [0.1, 0.15) is 0 Å². The SMILES string of the molecule is Cc1nc2ccccc2nc1CN1CC(=O)N(Cc2cccnc2)CC(O)C1. The zero-order chi connectivity index (χ0) is 19.5. The van der Waals surface area contributed by atoms with Crippen molar-refractivity contribution in [1.29, 1.82) is 0 Å². The molecule has 1 aliphatic heterocycles. The molecule has 1 N–H and O–H groups in total. The second kappa shape index (κ2) is 8.00. The number of aliphatic hydroxyl groups excluding tert-OH is 1. The number of hydrogen-bond donors (Lipinski definition) is 1. The maximum atomic E-state index is 12.8. The van der Waals surface area contributed by atoms with Crippen LogP contribution in [0.25, 0.3) is 11.0 Å². The summed E-state index contributed by atoms with van der Waals surface area (Å²) in [5.74, 6) is -0.00759. The smallest absolute Gasteiger partial charge is 0.237 e. The molecule has 1 unspecified atom stereocenters. The molecular formula is C21H23N5O2. The van der Waals surface area contributed by atoms with Crippen molar-refractivity contribution < 1.29 is 9.90 Å². The monoisotopic (exact) mass is 377 g/mol. The van der Waals surface area contributed by atoms with E-state index in [-0.39, 0.29) is 12.5 Å². The van der Waals surface area contributed by atoms with Crippen LogP contribution in [0.1, 0.15) is 17.0 Å². The molecule has 1 atom stereocenters. The second-order valence-electron chi connectivity index (χ2n) is 7.20. The Labute approximate surface area is 163 Å². The molecule has 0 aliphatic carbocycles. The molecule has 144 valence electrons. The van der Waals surface area contributed by atoms with Crippen LogP contribution in [0.4, 0.5) is 0 Å². The summed E-state index contributed by atoms with van der Waals surface area (Å²) in [6, 6.07) is 11.5. The van der Waals surface area contributed by atoms with E-state index < -0.39 is 6.10 Å². The van der Waals surface area contributed by atoms with Gasteiger partial charge in [-0.3, -0.25) is 14.7 Å². The van der Waals surface area contributed by atoms with Crippen molar-refractivity contribution in [2.45, 2.75) is 26.1 Å². The van der Waals surface area contributed by atoms with E-state index in [4.69, 9.17) is 4.98 Å². The summed E-state index contributed by atoms with van der Waals surface area (Å²) in [5, 5.41) is 10.5. The number of rotatable bonds is 4. The first-order valence-electron chi connectivity index (χ1n) is 9.38. The Morgan fingerprint density at radius 2 is 1.86 bits per heavy atom. The lowest BCUT2D eigenvalue weighted by Crippen LogP contribution is -2.36. The summed E-state index contributed by atoms with van der Waals surface area (Å²) < 4.78 is 0. The first kappa shape index (κ1) is 18.5. The highest BCUT2D eigenvalue weighted by Gasteiger charge is 2.27.